The first-order valence-electron chi connectivity index (χ1n) is 8.06. The molecule has 1 amide bonds. The van der Waals surface area contributed by atoms with E-state index < -0.39 is 21.4 Å². The van der Waals surface area contributed by atoms with E-state index in [-0.39, 0.29) is 33.6 Å². The minimum atomic E-state index is -0.877. The first-order chi connectivity index (χ1) is 14.2. The molecule has 154 valence electrons. The van der Waals surface area contributed by atoms with Crippen LogP contribution >= 0.6 is 23.2 Å². The maximum absolute atomic E-state index is 12.5. The Morgan fingerprint density at radius 2 is 1.87 bits per heavy atom. The van der Waals surface area contributed by atoms with E-state index in [2.05, 4.69) is 10.4 Å². The third-order valence-corrected chi connectivity index (χ3v) is 4.34. The number of benzene rings is 2. The third kappa shape index (κ3) is 4.47. The molecule has 0 fully saturated rings. The second-order valence-corrected chi connectivity index (χ2v) is 6.71. The van der Waals surface area contributed by atoms with Crippen LogP contribution in [-0.4, -0.2) is 25.5 Å². The van der Waals surface area contributed by atoms with Gasteiger partial charge in [-0.25, -0.2) is 0 Å². The van der Waals surface area contributed by atoms with Gasteiger partial charge in [0.05, 0.1) is 26.6 Å². The van der Waals surface area contributed by atoms with Crippen LogP contribution in [0.3, 0.4) is 0 Å². The summed E-state index contributed by atoms with van der Waals surface area (Å²) in [6.45, 7) is 0. The Balaban J connectivity index is 1.95. The van der Waals surface area contributed by atoms with Crippen LogP contribution < -0.4 is 10.1 Å². The zero-order valence-corrected chi connectivity index (χ0v) is 16.5. The molecule has 30 heavy (non-hydrogen) atoms. The molecule has 3 aromatic rings. The quantitative estimate of drug-likeness (QED) is 0.426. The minimum Gasteiger partial charge on any atom is -0.455 e. The van der Waals surface area contributed by atoms with Gasteiger partial charge in [-0.2, -0.15) is 5.10 Å². The van der Waals surface area contributed by atoms with Gasteiger partial charge >= 0.3 is 5.69 Å². The van der Waals surface area contributed by atoms with Crippen molar-refractivity contribution in [1.29, 1.82) is 0 Å². The lowest BCUT2D eigenvalue weighted by atomic mass is 10.2. The summed E-state index contributed by atoms with van der Waals surface area (Å²) in [6, 6.07) is 7.94. The molecule has 0 atom stereocenters. The summed E-state index contributed by atoms with van der Waals surface area (Å²) in [4.78, 5) is 33.5. The van der Waals surface area contributed by atoms with Crippen molar-refractivity contribution in [3.05, 3.63) is 78.6 Å². The van der Waals surface area contributed by atoms with Crippen molar-refractivity contribution < 1.29 is 19.4 Å². The molecule has 1 N–H and O–H groups in total. The van der Waals surface area contributed by atoms with Gasteiger partial charge < -0.3 is 10.1 Å². The Kier molecular flexibility index (Phi) is 5.85. The van der Waals surface area contributed by atoms with Crippen LogP contribution in [0, 0.1) is 20.2 Å². The molecular formula is C17H11Cl2N5O6. The number of nitrogens with one attached hydrogen (secondary N) is 1. The van der Waals surface area contributed by atoms with E-state index in [4.69, 9.17) is 27.9 Å². The van der Waals surface area contributed by atoms with E-state index in [1.165, 1.54) is 31.3 Å². The summed E-state index contributed by atoms with van der Waals surface area (Å²) in [6.07, 6.45) is 0.930. The highest BCUT2D eigenvalue weighted by molar-refractivity contribution is 6.35. The van der Waals surface area contributed by atoms with Crippen molar-refractivity contribution in [3.63, 3.8) is 0 Å². The van der Waals surface area contributed by atoms with Gasteiger partial charge in [0.1, 0.15) is 17.7 Å². The fourth-order valence-corrected chi connectivity index (χ4v) is 2.96. The zero-order chi connectivity index (χ0) is 22.0. The fourth-order valence-electron chi connectivity index (χ4n) is 2.52. The summed E-state index contributed by atoms with van der Waals surface area (Å²) in [5, 5.41) is 29.0. The van der Waals surface area contributed by atoms with Gasteiger partial charge in [0.2, 0.25) is 5.69 Å². The second kappa shape index (κ2) is 8.35. The highest BCUT2D eigenvalue weighted by Gasteiger charge is 2.26. The van der Waals surface area contributed by atoms with Gasteiger partial charge in [0.25, 0.3) is 11.6 Å². The van der Waals surface area contributed by atoms with Crippen molar-refractivity contribution in [1.82, 2.24) is 9.78 Å². The molecule has 1 aromatic heterocycles. The molecule has 0 saturated carbocycles. The Bertz CT molecular complexity index is 1180. The lowest BCUT2D eigenvalue weighted by Crippen LogP contribution is -2.17. The number of hydrogen-bond donors (Lipinski definition) is 1. The monoisotopic (exact) mass is 451 g/mol. The van der Waals surface area contributed by atoms with Gasteiger partial charge in [-0.1, -0.05) is 23.2 Å². The smallest absolute Gasteiger partial charge is 0.320 e. The third-order valence-electron chi connectivity index (χ3n) is 3.81. The highest BCUT2D eigenvalue weighted by atomic mass is 35.5. The average molecular weight is 452 g/mol. The number of ether oxygens (including phenoxy) is 1. The number of non-ortho nitro benzene ring substituents is 1. The molecule has 0 unspecified atom stereocenters. The highest BCUT2D eigenvalue weighted by Crippen LogP contribution is 2.35. The van der Waals surface area contributed by atoms with Crippen LogP contribution in [0.2, 0.25) is 10.0 Å². The molecule has 0 radical (unpaired) electrons. The van der Waals surface area contributed by atoms with Gasteiger partial charge in [0, 0.05) is 24.2 Å². The molecule has 0 aliphatic carbocycles. The number of hydrogen-bond acceptors (Lipinski definition) is 7. The van der Waals surface area contributed by atoms with E-state index in [0.717, 1.165) is 23.0 Å². The number of aromatic nitrogens is 2. The summed E-state index contributed by atoms with van der Waals surface area (Å²) >= 11 is 11.9. The van der Waals surface area contributed by atoms with Gasteiger partial charge in [-0.3, -0.25) is 29.7 Å². The Labute approximate surface area is 178 Å². The standard InChI is InChI=1S/C17H11Cl2N5O6/c1-22-16(14(8-20-22)24(28)29)17(25)21-10-5-11(23(26)27)7-12(6-10)30-15-3-2-9(18)4-13(15)19/h2-8H,1H3,(H,21,25). The Morgan fingerprint density at radius 3 is 2.50 bits per heavy atom. The molecule has 0 bridgehead atoms. The van der Waals surface area contributed by atoms with E-state index in [1.54, 1.807) is 0 Å². The average Bonchev–Trinajstić information content (AvgIpc) is 3.06. The van der Waals surface area contributed by atoms with E-state index in [1.807, 2.05) is 0 Å². The number of anilines is 1. The SMILES string of the molecule is Cn1ncc([N+](=O)[O-])c1C(=O)Nc1cc(Oc2ccc(Cl)cc2Cl)cc([N+](=O)[O-])c1. The van der Waals surface area contributed by atoms with E-state index in [9.17, 15) is 25.0 Å². The van der Waals surface area contributed by atoms with Crippen LogP contribution in [-0.2, 0) is 7.05 Å². The maximum atomic E-state index is 12.5. The lowest BCUT2D eigenvalue weighted by molar-refractivity contribution is -0.385. The van der Waals surface area contributed by atoms with Crippen LogP contribution in [0.15, 0.2) is 42.6 Å². The summed E-state index contributed by atoms with van der Waals surface area (Å²) in [5.41, 5.74) is -1.24. The van der Waals surface area contributed by atoms with Crippen LogP contribution in [0.4, 0.5) is 17.1 Å². The molecule has 11 nitrogen and oxygen atoms in total. The molecule has 3 rings (SSSR count). The van der Waals surface area contributed by atoms with Crippen LogP contribution in [0.25, 0.3) is 0 Å². The van der Waals surface area contributed by atoms with Crippen molar-refractivity contribution in [3.8, 4) is 11.5 Å². The Hall–Kier alpha value is -3.70. The van der Waals surface area contributed by atoms with Gasteiger partial charge in [0.15, 0.2) is 0 Å². The summed E-state index contributed by atoms with van der Waals surface area (Å²) in [7, 11) is 1.35. The van der Waals surface area contributed by atoms with Gasteiger partial charge in [-0.05, 0) is 18.2 Å². The molecule has 2 aromatic carbocycles. The number of rotatable bonds is 6. The molecule has 0 aliphatic rings. The van der Waals surface area contributed by atoms with Crippen molar-refractivity contribution in [2.45, 2.75) is 0 Å². The fraction of sp³-hybridized carbons (Fsp3) is 0.0588. The van der Waals surface area contributed by atoms with Crippen LogP contribution in [0.1, 0.15) is 10.5 Å². The van der Waals surface area contributed by atoms with Crippen molar-refractivity contribution in [2.75, 3.05) is 5.32 Å². The zero-order valence-electron chi connectivity index (χ0n) is 15.0. The molecule has 13 heteroatoms. The predicted octanol–water partition coefficient (Wildman–Crippen LogP) is 4.59. The van der Waals surface area contributed by atoms with E-state index >= 15 is 0 Å². The Morgan fingerprint density at radius 1 is 1.13 bits per heavy atom. The predicted molar refractivity (Wildman–Crippen MR) is 107 cm³/mol. The number of amides is 1. The number of carbonyl (C=O) groups excluding carboxylic acids is 1. The minimum absolute atomic E-state index is 0.00299. The van der Waals surface area contributed by atoms with Crippen molar-refractivity contribution in [2.24, 2.45) is 7.05 Å². The van der Waals surface area contributed by atoms with E-state index in [0.29, 0.717) is 5.02 Å². The second-order valence-electron chi connectivity index (χ2n) is 5.86. The largest absolute Gasteiger partial charge is 0.455 e. The number of nitrogens with zero attached hydrogens (tertiary/aromatic N) is 4. The first-order valence-corrected chi connectivity index (χ1v) is 8.81. The first kappa shape index (κ1) is 21.0. The molecular weight excluding hydrogens is 441 g/mol. The summed E-state index contributed by atoms with van der Waals surface area (Å²) in [5.74, 6) is -0.693. The topological polar surface area (TPSA) is 142 Å². The lowest BCUT2D eigenvalue weighted by Gasteiger charge is -2.10. The molecule has 0 spiro atoms. The maximum Gasteiger partial charge on any atom is 0.320 e. The number of aryl methyl sites for hydroxylation is 1. The van der Waals surface area contributed by atoms with Crippen molar-refractivity contribution >= 4 is 46.2 Å². The number of nitro groups is 2. The van der Waals surface area contributed by atoms with Crippen LogP contribution in [0.5, 0.6) is 11.5 Å². The molecule has 0 saturated heterocycles. The number of halogens is 2. The summed E-state index contributed by atoms with van der Waals surface area (Å²) < 4.78 is 6.61. The molecule has 0 aliphatic heterocycles. The normalized spacial score (nSPS) is 10.5. The number of carbonyl (C=O) groups is 1. The molecule has 1 heterocycles. The number of nitro benzene ring substituents is 1. The van der Waals surface area contributed by atoms with Gasteiger partial charge in [-0.15, -0.1) is 0 Å².